The van der Waals surface area contributed by atoms with Crippen LogP contribution < -0.4 is 10.5 Å². The maximum atomic E-state index is 9.08. The van der Waals surface area contributed by atoms with E-state index >= 15 is 0 Å². The Morgan fingerprint density at radius 3 is 2.85 bits per heavy atom. The fraction of sp³-hybridized carbons (Fsp3) is 0.0714. The smallest absolute Gasteiger partial charge is 0.246 e. The summed E-state index contributed by atoms with van der Waals surface area (Å²) >= 11 is 0. The van der Waals surface area contributed by atoms with Gasteiger partial charge in [0.2, 0.25) is 5.76 Å². The highest BCUT2D eigenvalue weighted by Crippen LogP contribution is 2.32. The Kier molecular flexibility index (Phi) is 2.94. The van der Waals surface area contributed by atoms with Gasteiger partial charge in [-0.15, -0.1) is 0 Å². The predicted molar refractivity (Wildman–Crippen MR) is 71.7 cm³/mol. The van der Waals surface area contributed by atoms with E-state index in [-0.39, 0.29) is 12.4 Å². The van der Waals surface area contributed by atoms with Crippen LogP contribution in [0.2, 0.25) is 0 Å². The lowest BCUT2D eigenvalue weighted by Gasteiger charge is -2.04. The van der Waals surface area contributed by atoms with Crippen molar-refractivity contribution in [2.24, 2.45) is 0 Å². The van der Waals surface area contributed by atoms with E-state index in [9.17, 15) is 0 Å². The van der Waals surface area contributed by atoms with Crippen LogP contribution >= 0.6 is 0 Å². The topological polar surface area (TPSA) is 98.0 Å². The van der Waals surface area contributed by atoms with Crippen molar-refractivity contribution in [2.45, 2.75) is 6.61 Å². The van der Waals surface area contributed by atoms with Crippen LogP contribution in [0.1, 0.15) is 11.5 Å². The van der Waals surface area contributed by atoms with Gasteiger partial charge in [-0.25, -0.2) is 4.98 Å². The van der Waals surface area contributed by atoms with E-state index < -0.39 is 0 Å². The summed E-state index contributed by atoms with van der Waals surface area (Å²) in [4.78, 5) is 8.02. The largest absolute Gasteiger partial charge is 0.482 e. The number of fused-ring (bicyclic) bond motifs is 1. The number of furan rings is 1. The first kappa shape index (κ1) is 12.0. The van der Waals surface area contributed by atoms with Gasteiger partial charge in [0.1, 0.15) is 24.1 Å². The molecule has 0 atom stereocenters. The SMILES string of the molecule is N#Cc1oc2ccccc2c1OCc1cnc(N)cn1. The summed E-state index contributed by atoms with van der Waals surface area (Å²) in [6.45, 7) is 0.186. The number of nitriles is 1. The second kappa shape index (κ2) is 4.90. The van der Waals surface area contributed by atoms with Gasteiger partial charge in [-0.1, -0.05) is 12.1 Å². The zero-order chi connectivity index (χ0) is 13.9. The van der Waals surface area contributed by atoms with E-state index in [0.717, 1.165) is 5.39 Å². The van der Waals surface area contributed by atoms with Gasteiger partial charge in [-0.2, -0.15) is 5.26 Å². The number of ether oxygens (including phenoxy) is 1. The molecular weight excluding hydrogens is 256 g/mol. The van der Waals surface area contributed by atoms with Crippen molar-refractivity contribution in [1.82, 2.24) is 9.97 Å². The lowest BCUT2D eigenvalue weighted by atomic mass is 10.2. The summed E-state index contributed by atoms with van der Waals surface area (Å²) in [6.07, 6.45) is 2.99. The molecule has 20 heavy (non-hydrogen) atoms. The lowest BCUT2D eigenvalue weighted by molar-refractivity contribution is 0.298. The van der Waals surface area contributed by atoms with E-state index in [4.69, 9.17) is 20.1 Å². The Labute approximate surface area is 114 Å². The monoisotopic (exact) mass is 266 g/mol. The zero-order valence-electron chi connectivity index (χ0n) is 10.4. The molecule has 0 amide bonds. The van der Waals surface area contributed by atoms with Crippen LogP contribution in [-0.2, 0) is 6.61 Å². The van der Waals surface area contributed by atoms with Crippen LogP contribution in [-0.4, -0.2) is 9.97 Å². The van der Waals surface area contributed by atoms with Crippen molar-refractivity contribution in [3.63, 3.8) is 0 Å². The number of nitrogens with zero attached hydrogens (tertiary/aromatic N) is 3. The van der Waals surface area contributed by atoms with Gasteiger partial charge in [0.05, 0.1) is 23.5 Å². The highest BCUT2D eigenvalue weighted by molar-refractivity contribution is 5.86. The van der Waals surface area contributed by atoms with Crippen molar-refractivity contribution in [2.75, 3.05) is 5.73 Å². The first-order chi connectivity index (χ1) is 9.78. The average Bonchev–Trinajstić information content (AvgIpc) is 2.84. The number of anilines is 1. The van der Waals surface area contributed by atoms with Crippen molar-refractivity contribution in [1.29, 1.82) is 5.26 Å². The van der Waals surface area contributed by atoms with Crippen LogP contribution in [0.25, 0.3) is 11.0 Å². The fourth-order valence-electron chi connectivity index (χ4n) is 1.82. The van der Waals surface area contributed by atoms with Crippen molar-refractivity contribution < 1.29 is 9.15 Å². The molecule has 0 saturated heterocycles. The van der Waals surface area contributed by atoms with Gasteiger partial charge in [-0.3, -0.25) is 4.98 Å². The number of para-hydroxylation sites is 1. The van der Waals surface area contributed by atoms with E-state index in [2.05, 4.69) is 9.97 Å². The molecular formula is C14H10N4O2. The minimum atomic E-state index is 0.148. The number of aromatic nitrogens is 2. The average molecular weight is 266 g/mol. The molecule has 0 aliphatic heterocycles. The van der Waals surface area contributed by atoms with Crippen molar-refractivity contribution in [3.8, 4) is 11.8 Å². The molecule has 0 spiro atoms. The Hall–Kier alpha value is -3.07. The van der Waals surface area contributed by atoms with Gasteiger partial charge < -0.3 is 14.9 Å². The maximum Gasteiger partial charge on any atom is 0.246 e. The van der Waals surface area contributed by atoms with E-state index in [0.29, 0.717) is 22.8 Å². The second-order valence-corrected chi connectivity index (χ2v) is 4.09. The summed E-state index contributed by atoms with van der Waals surface area (Å²) in [5.41, 5.74) is 6.70. The van der Waals surface area contributed by atoms with E-state index in [1.807, 2.05) is 24.3 Å². The number of benzene rings is 1. The minimum absolute atomic E-state index is 0.148. The van der Waals surface area contributed by atoms with Crippen molar-refractivity contribution in [3.05, 3.63) is 48.1 Å². The van der Waals surface area contributed by atoms with Gasteiger partial charge in [-0.05, 0) is 12.1 Å². The normalized spacial score (nSPS) is 10.3. The molecule has 6 heteroatoms. The predicted octanol–water partition coefficient (Wildman–Crippen LogP) is 2.26. The third kappa shape index (κ3) is 2.12. The highest BCUT2D eigenvalue weighted by Gasteiger charge is 2.15. The first-order valence-electron chi connectivity index (χ1n) is 5.89. The summed E-state index contributed by atoms with van der Waals surface area (Å²) in [5.74, 6) is 0.913. The van der Waals surface area contributed by atoms with E-state index in [1.54, 1.807) is 6.07 Å². The third-order valence-corrected chi connectivity index (χ3v) is 2.74. The summed E-state index contributed by atoms with van der Waals surface area (Å²) < 4.78 is 11.1. The zero-order valence-corrected chi connectivity index (χ0v) is 10.4. The number of hydrogen-bond donors (Lipinski definition) is 1. The standard InChI is InChI=1S/C14H10N4O2/c15-5-12-14(10-3-1-2-4-11(10)20-12)19-8-9-6-18-13(16)7-17-9/h1-4,6-7H,8H2,(H2,16,18). The number of nitrogen functional groups attached to an aromatic ring is 1. The molecule has 98 valence electrons. The van der Waals surface area contributed by atoms with Gasteiger partial charge in [0.25, 0.3) is 0 Å². The van der Waals surface area contributed by atoms with Crippen LogP contribution in [0.15, 0.2) is 41.1 Å². The molecule has 0 aliphatic rings. The maximum absolute atomic E-state index is 9.08. The molecule has 0 radical (unpaired) electrons. The molecule has 0 fully saturated rings. The van der Waals surface area contributed by atoms with Crippen molar-refractivity contribution >= 4 is 16.8 Å². The number of hydrogen-bond acceptors (Lipinski definition) is 6. The van der Waals surface area contributed by atoms with Crippen LogP contribution in [0.3, 0.4) is 0 Å². The Morgan fingerprint density at radius 2 is 2.10 bits per heavy atom. The second-order valence-electron chi connectivity index (χ2n) is 4.09. The summed E-state index contributed by atoms with van der Waals surface area (Å²) in [6, 6.07) is 9.30. The molecule has 0 saturated carbocycles. The molecule has 0 bridgehead atoms. The van der Waals surface area contributed by atoms with Gasteiger partial charge in [0.15, 0.2) is 5.75 Å². The number of rotatable bonds is 3. The van der Waals surface area contributed by atoms with Gasteiger partial charge in [0, 0.05) is 0 Å². The fourth-order valence-corrected chi connectivity index (χ4v) is 1.82. The molecule has 2 N–H and O–H groups in total. The van der Waals surface area contributed by atoms with Gasteiger partial charge >= 0.3 is 0 Å². The molecule has 3 aromatic rings. The first-order valence-corrected chi connectivity index (χ1v) is 5.89. The van der Waals surface area contributed by atoms with Crippen LogP contribution in [0.4, 0.5) is 5.82 Å². The summed E-state index contributed by atoms with van der Waals surface area (Å²) in [5, 5.41) is 9.84. The van der Waals surface area contributed by atoms with Crippen LogP contribution in [0, 0.1) is 11.3 Å². The lowest BCUT2D eigenvalue weighted by Crippen LogP contribution is -2.01. The number of nitrogens with two attached hydrogens (primary N) is 1. The minimum Gasteiger partial charge on any atom is -0.482 e. The molecule has 0 aliphatic carbocycles. The molecule has 2 aromatic heterocycles. The Balaban J connectivity index is 1.90. The molecule has 0 unspecified atom stereocenters. The molecule has 1 aromatic carbocycles. The molecule has 6 nitrogen and oxygen atoms in total. The highest BCUT2D eigenvalue weighted by atomic mass is 16.5. The Morgan fingerprint density at radius 1 is 1.25 bits per heavy atom. The summed E-state index contributed by atoms with van der Waals surface area (Å²) in [7, 11) is 0. The quantitative estimate of drug-likeness (QED) is 0.780. The van der Waals surface area contributed by atoms with E-state index in [1.165, 1.54) is 12.4 Å². The Bertz CT molecular complexity index is 787. The molecule has 2 heterocycles. The third-order valence-electron chi connectivity index (χ3n) is 2.74. The van der Waals surface area contributed by atoms with Crippen LogP contribution in [0.5, 0.6) is 5.75 Å². The molecule has 3 rings (SSSR count).